The van der Waals surface area contributed by atoms with Gasteiger partial charge in [0.2, 0.25) is 0 Å². The summed E-state index contributed by atoms with van der Waals surface area (Å²) in [6, 6.07) is 6.93. The Morgan fingerprint density at radius 2 is 2.00 bits per heavy atom. The van der Waals surface area contributed by atoms with Crippen LogP contribution in [0.4, 0.5) is 5.69 Å². The minimum atomic E-state index is 0.984. The molecule has 0 radical (unpaired) electrons. The van der Waals surface area contributed by atoms with Gasteiger partial charge in [0.05, 0.1) is 0 Å². The number of hydrogen-bond donors (Lipinski definition) is 1. The zero-order valence-corrected chi connectivity index (χ0v) is 13.3. The molecule has 0 amide bonds. The van der Waals surface area contributed by atoms with Gasteiger partial charge >= 0.3 is 0 Å². The molecule has 1 fully saturated rings. The molecule has 0 spiro atoms. The number of nitrogens with one attached hydrogen (secondary N) is 1. The van der Waals surface area contributed by atoms with E-state index in [-0.39, 0.29) is 0 Å². The van der Waals surface area contributed by atoms with Crippen molar-refractivity contribution in [1.29, 1.82) is 0 Å². The minimum Gasteiger partial charge on any atom is -0.370 e. The maximum Gasteiger partial charge on any atom is 0.0396 e. The Hall–Kier alpha value is -1.06. The summed E-state index contributed by atoms with van der Waals surface area (Å²) in [6.45, 7) is 11.2. The van der Waals surface area contributed by atoms with E-state index in [1.165, 1.54) is 49.3 Å². The Bertz CT molecular complexity index is 417. The molecule has 20 heavy (non-hydrogen) atoms. The maximum atomic E-state index is 3.47. The first kappa shape index (κ1) is 15.3. The van der Waals surface area contributed by atoms with Crippen LogP contribution >= 0.6 is 0 Å². The van der Waals surface area contributed by atoms with Crippen LogP contribution in [0, 0.1) is 6.92 Å². The molecular weight excluding hydrogens is 246 g/mol. The quantitative estimate of drug-likeness (QED) is 0.834. The van der Waals surface area contributed by atoms with Gasteiger partial charge in [0.25, 0.3) is 0 Å². The second kappa shape index (κ2) is 7.65. The fraction of sp³-hybridized carbons (Fsp3) is 0.647. The van der Waals surface area contributed by atoms with E-state index in [1.807, 2.05) is 0 Å². The fourth-order valence-corrected chi connectivity index (χ4v) is 2.88. The molecular formula is C17H29N3. The standard InChI is InChI=1S/C17H29N3/c1-4-8-18-14-16-6-7-17(15(2)13-16)20-10-5-9-19(3)11-12-20/h6-7,13,18H,4-5,8-12,14H2,1-3H3. The molecule has 1 saturated heterocycles. The van der Waals surface area contributed by atoms with Gasteiger partial charge in [-0.15, -0.1) is 0 Å². The van der Waals surface area contributed by atoms with E-state index in [0.717, 1.165) is 19.6 Å². The highest BCUT2D eigenvalue weighted by molar-refractivity contribution is 5.54. The van der Waals surface area contributed by atoms with Gasteiger partial charge in [-0.05, 0) is 57.1 Å². The molecule has 0 atom stereocenters. The van der Waals surface area contributed by atoms with Gasteiger partial charge in [-0.25, -0.2) is 0 Å². The van der Waals surface area contributed by atoms with Crippen molar-refractivity contribution in [3.05, 3.63) is 29.3 Å². The normalized spacial score (nSPS) is 17.2. The van der Waals surface area contributed by atoms with Gasteiger partial charge in [0.1, 0.15) is 0 Å². The van der Waals surface area contributed by atoms with Crippen molar-refractivity contribution in [2.75, 3.05) is 44.7 Å². The fourth-order valence-electron chi connectivity index (χ4n) is 2.88. The van der Waals surface area contributed by atoms with Crippen LogP contribution in [0.5, 0.6) is 0 Å². The lowest BCUT2D eigenvalue weighted by molar-refractivity contribution is 0.360. The highest BCUT2D eigenvalue weighted by Gasteiger charge is 2.14. The van der Waals surface area contributed by atoms with Gasteiger partial charge in [0, 0.05) is 31.9 Å². The highest BCUT2D eigenvalue weighted by Crippen LogP contribution is 2.22. The molecule has 3 nitrogen and oxygen atoms in total. The summed E-state index contributed by atoms with van der Waals surface area (Å²) in [4.78, 5) is 4.97. The summed E-state index contributed by atoms with van der Waals surface area (Å²) in [5, 5.41) is 3.47. The predicted octanol–water partition coefficient (Wildman–Crippen LogP) is 2.64. The number of aryl methyl sites for hydroxylation is 1. The monoisotopic (exact) mass is 275 g/mol. The molecule has 112 valence electrons. The number of likely N-dealkylation sites (N-methyl/N-ethyl adjacent to an activating group) is 1. The molecule has 0 saturated carbocycles. The molecule has 0 aliphatic carbocycles. The SMILES string of the molecule is CCCNCc1ccc(N2CCCN(C)CC2)c(C)c1. The van der Waals surface area contributed by atoms with Crippen molar-refractivity contribution in [2.45, 2.75) is 33.2 Å². The average molecular weight is 275 g/mol. The van der Waals surface area contributed by atoms with E-state index in [1.54, 1.807) is 0 Å². The summed E-state index contributed by atoms with van der Waals surface area (Å²) < 4.78 is 0. The van der Waals surface area contributed by atoms with Gasteiger partial charge in [-0.3, -0.25) is 0 Å². The van der Waals surface area contributed by atoms with Crippen molar-refractivity contribution in [3.8, 4) is 0 Å². The molecule has 1 aliphatic heterocycles. The Balaban J connectivity index is 2.01. The molecule has 3 heteroatoms. The van der Waals surface area contributed by atoms with Crippen molar-refractivity contribution < 1.29 is 0 Å². The molecule has 2 rings (SSSR count). The summed E-state index contributed by atoms with van der Waals surface area (Å²) in [5.74, 6) is 0. The first-order valence-electron chi connectivity index (χ1n) is 7.94. The molecule has 1 N–H and O–H groups in total. The van der Waals surface area contributed by atoms with Gasteiger partial charge in [-0.1, -0.05) is 19.1 Å². The summed E-state index contributed by atoms with van der Waals surface area (Å²) in [5.41, 5.74) is 4.22. The van der Waals surface area contributed by atoms with Gasteiger partial charge in [-0.2, -0.15) is 0 Å². The molecule has 1 aromatic rings. The smallest absolute Gasteiger partial charge is 0.0396 e. The Labute approximate surface area is 124 Å². The third kappa shape index (κ3) is 4.22. The van der Waals surface area contributed by atoms with E-state index >= 15 is 0 Å². The number of hydrogen-bond acceptors (Lipinski definition) is 3. The Morgan fingerprint density at radius 3 is 2.75 bits per heavy atom. The lowest BCUT2D eigenvalue weighted by Gasteiger charge is -2.25. The zero-order chi connectivity index (χ0) is 14.4. The van der Waals surface area contributed by atoms with E-state index in [4.69, 9.17) is 0 Å². The average Bonchev–Trinajstić information content (AvgIpc) is 2.64. The third-order valence-electron chi connectivity index (χ3n) is 4.08. The second-order valence-corrected chi connectivity index (χ2v) is 5.94. The van der Waals surface area contributed by atoms with E-state index in [0.29, 0.717) is 0 Å². The topological polar surface area (TPSA) is 18.5 Å². The van der Waals surface area contributed by atoms with Crippen molar-refractivity contribution in [2.24, 2.45) is 0 Å². The lowest BCUT2D eigenvalue weighted by Crippen LogP contribution is -2.29. The highest BCUT2D eigenvalue weighted by atomic mass is 15.2. The number of rotatable bonds is 5. The summed E-state index contributed by atoms with van der Waals surface area (Å²) >= 11 is 0. The van der Waals surface area contributed by atoms with Crippen molar-refractivity contribution in [1.82, 2.24) is 10.2 Å². The molecule has 1 heterocycles. The largest absolute Gasteiger partial charge is 0.370 e. The first-order valence-corrected chi connectivity index (χ1v) is 7.94. The first-order chi connectivity index (χ1) is 9.70. The van der Waals surface area contributed by atoms with E-state index in [2.05, 4.69) is 54.2 Å². The molecule has 0 bridgehead atoms. The Morgan fingerprint density at radius 1 is 1.15 bits per heavy atom. The minimum absolute atomic E-state index is 0.984. The van der Waals surface area contributed by atoms with Crippen molar-refractivity contribution >= 4 is 5.69 Å². The number of nitrogens with zero attached hydrogens (tertiary/aromatic N) is 2. The second-order valence-electron chi connectivity index (χ2n) is 5.94. The van der Waals surface area contributed by atoms with Crippen LogP contribution in [0.2, 0.25) is 0 Å². The molecule has 1 aromatic carbocycles. The van der Waals surface area contributed by atoms with Crippen LogP contribution in [0.3, 0.4) is 0 Å². The van der Waals surface area contributed by atoms with Crippen LogP contribution in [0.25, 0.3) is 0 Å². The van der Waals surface area contributed by atoms with Crippen LogP contribution in [-0.2, 0) is 6.54 Å². The molecule has 0 unspecified atom stereocenters. The zero-order valence-electron chi connectivity index (χ0n) is 13.3. The van der Waals surface area contributed by atoms with Crippen LogP contribution in [-0.4, -0.2) is 44.7 Å². The maximum absolute atomic E-state index is 3.47. The van der Waals surface area contributed by atoms with Crippen molar-refractivity contribution in [3.63, 3.8) is 0 Å². The molecule has 1 aliphatic rings. The van der Waals surface area contributed by atoms with Crippen LogP contribution in [0.1, 0.15) is 30.9 Å². The lowest BCUT2D eigenvalue weighted by atomic mass is 10.1. The number of anilines is 1. The van der Waals surface area contributed by atoms with E-state index < -0.39 is 0 Å². The summed E-state index contributed by atoms with van der Waals surface area (Å²) in [6.07, 6.45) is 2.45. The summed E-state index contributed by atoms with van der Waals surface area (Å²) in [7, 11) is 2.22. The van der Waals surface area contributed by atoms with Gasteiger partial charge < -0.3 is 15.1 Å². The Kier molecular flexibility index (Phi) is 5.86. The van der Waals surface area contributed by atoms with Gasteiger partial charge in [0.15, 0.2) is 0 Å². The number of benzene rings is 1. The van der Waals surface area contributed by atoms with E-state index in [9.17, 15) is 0 Å². The van der Waals surface area contributed by atoms with Crippen LogP contribution < -0.4 is 10.2 Å². The third-order valence-corrected chi connectivity index (χ3v) is 4.08. The predicted molar refractivity (Wildman–Crippen MR) is 87.5 cm³/mol. The molecule has 0 aromatic heterocycles. The van der Waals surface area contributed by atoms with Crippen LogP contribution in [0.15, 0.2) is 18.2 Å².